The van der Waals surface area contributed by atoms with Gasteiger partial charge in [-0.2, -0.15) is 0 Å². The molecule has 1 aromatic rings. The standard InChI is InChI=1S/C40H59N7O6/c1-7-15-26(30(48)35(51)43-20-8-2)44-34(50)29-28-25(38(28,3)4)24-47(29)37(53)32(40(6)18-13-10-14-19-40)46-36(52)31(39(5)16-11-9-12-17-39)45-33(49)27-23-41-21-22-42-27/h8,21-23,25-26,28-29,31-32H,2,7,9-20,24H2,1,3-6H3,(H,43,51)(H,44,50)(H,45,49)(H,46,52)/t25-,26?,28-,29-,31+,32+/m0/s1. The minimum atomic E-state index is -1.04. The number of Topliss-reactive ketones (excluding diaryl/α,β-unsaturated/α-hetero) is 1. The third kappa shape index (κ3) is 8.49. The number of hydrogen-bond donors (Lipinski definition) is 4. The van der Waals surface area contributed by atoms with E-state index < -0.39 is 64.4 Å². The Morgan fingerprint density at radius 1 is 0.887 bits per heavy atom. The van der Waals surface area contributed by atoms with E-state index in [0.29, 0.717) is 25.8 Å². The Morgan fingerprint density at radius 2 is 1.51 bits per heavy atom. The van der Waals surface area contributed by atoms with E-state index in [1.807, 2.05) is 20.8 Å². The van der Waals surface area contributed by atoms with Crippen molar-refractivity contribution < 1.29 is 28.8 Å². The van der Waals surface area contributed by atoms with Gasteiger partial charge in [-0.05, 0) is 60.2 Å². The predicted molar refractivity (Wildman–Crippen MR) is 199 cm³/mol. The van der Waals surface area contributed by atoms with Crippen LogP contribution in [-0.4, -0.2) is 87.4 Å². The first kappa shape index (κ1) is 40.0. The molecule has 5 rings (SSSR count). The monoisotopic (exact) mass is 733 g/mol. The summed E-state index contributed by atoms with van der Waals surface area (Å²) in [6.45, 7) is 14.1. The summed E-state index contributed by atoms with van der Waals surface area (Å²) in [6, 6.07) is -3.80. The molecule has 1 unspecified atom stereocenters. The molecule has 5 amide bonds. The van der Waals surface area contributed by atoms with Crippen LogP contribution in [-0.2, 0) is 24.0 Å². The minimum Gasteiger partial charge on any atom is -0.346 e. The molecule has 4 N–H and O–H groups in total. The number of likely N-dealkylation sites (tertiary alicyclic amines) is 1. The average Bonchev–Trinajstić information content (AvgIpc) is 3.44. The van der Waals surface area contributed by atoms with Crippen LogP contribution in [0.4, 0.5) is 0 Å². The molecule has 53 heavy (non-hydrogen) atoms. The molecule has 0 spiro atoms. The summed E-state index contributed by atoms with van der Waals surface area (Å²) in [5.41, 5.74) is -1.25. The van der Waals surface area contributed by atoms with Crippen molar-refractivity contribution in [1.29, 1.82) is 0 Å². The molecule has 13 nitrogen and oxygen atoms in total. The van der Waals surface area contributed by atoms with Gasteiger partial charge in [0, 0.05) is 25.5 Å². The number of rotatable bonds is 15. The topological polar surface area (TPSA) is 180 Å². The van der Waals surface area contributed by atoms with Crippen LogP contribution in [0.3, 0.4) is 0 Å². The van der Waals surface area contributed by atoms with Crippen molar-refractivity contribution in [2.45, 2.75) is 136 Å². The molecule has 0 radical (unpaired) electrons. The number of carbonyl (C=O) groups is 6. The zero-order valence-electron chi connectivity index (χ0n) is 32.2. The van der Waals surface area contributed by atoms with E-state index in [1.54, 1.807) is 4.90 Å². The molecule has 1 saturated heterocycles. The maximum absolute atomic E-state index is 15.1. The number of fused-ring (bicyclic) bond motifs is 1. The van der Waals surface area contributed by atoms with E-state index >= 15 is 4.79 Å². The van der Waals surface area contributed by atoms with Gasteiger partial charge in [-0.15, -0.1) is 6.58 Å². The number of carbonyl (C=O) groups excluding carboxylic acids is 6. The summed E-state index contributed by atoms with van der Waals surface area (Å²) in [6.07, 6.45) is 15.2. The maximum atomic E-state index is 15.1. The molecule has 4 aliphatic rings. The van der Waals surface area contributed by atoms with Crippen LogP contribution in [0.15, 0.2) is 31.2 Å². The van der Waals surface area contributed by atoms with Crippen LogP contribution in [0.2, 0.25) is 0 Å². The Bertz CT molecular complexity index is 1550. The van der Waals surface area contributed by atoms with Crippen molar-refractivity contribution in [1.82, 2.24) is 36.1 Å². The van der Waals surface area contributed by atoms with Gasteiger partial charge in [0.1, 0.15) is 23.8 Å². The molecule has 6 atom stereocenters. The number of nitrogens with one attached hydrogen (secondary N) is 4. The fourth-order valence-electron chi connectivity index (χ4n) is 9.44. The number of piperidine rings is 1. The second-order valence-corrected chi connectivity index (χ2v) is 17.0. The number of ketones is 1. The van der Waals surface area contributed by atoms with Gasteiger partial charge in [-0.3, -0.25) is 33.8 Å². The quantitative estimate of drug-likeness (QED) is 0.156. The largest absolute Gasteiger partial charge is 0.346 e. The normalized spacial score (nSPS) is 25.4. The van der Waals surface area contributed by atoms with E-state index in [-0.39, 0.29) is 41.8 Å². The Kier molecular flexibility index (Phi) is 12.4. The summed E-state index contributed by atoms with van der Waals surface area (Å²) in [5.74, 6) is -3.36. The van der Waals surface area contributed by atoms with Gasteiger partial charge in [0.15, 0.2) is 0 Å². The zero-order valence-corrected chi connectivity index (χ0v) is 32.2. The smallest absolute Gasteiger partial charge is 0.289 e. The molecule has 4 fully saturated rings. The number of amides is 5. The van der Waals surface area contributed by atoms with Gasteiger partial charge in [0.25, 0.3) is 11.8 Å². The summed E-state index contributed by atoms with van der Waals surface area (Å²) < 4.78 is 0. The second kappa shape index (κ2) is 16.5. The lowest BCUT2D eigenvalue weighted by molar-refractivity contribution is -0.148. The van der Waals surface area contributed by atoms with Gasteiger partial charge in [0.2, 0.25) is 23.5 Å². The highest BCUT2D eigenvalue weighted by molar-refractivity contribution is 6.38. The molecule has 3 aliphatic carbocycles. The van der Waals surface area contributed by atoms with Crippen LogP contribution in [0, 0.1) is 28.1 Å². The van der Waals surface area contributed by atoms with Crippen LogP contribution in [0.25, 0.3) is 0 Å². The van der Waals surface area contributed by atoms with Crippen LogP contribution < -0.4 is 21.3 Å². The van der Waals surface area contributed by atoms with Crippen molar-refractivity contribution in [2.75, 3.05) is 13.1 Å². The molecule has 3 saturated carbocycles. The van der Waals surface area contributed by atoms with E-state index in [1.165, 1.54) is 24.7 Å². The predicted octanol–water partition coefficient (Wildman–Crippen LogP) is 3.64. The first-order valence-electron chi connectivity index (χ1n) is 19.6. The average molecular weight is 734 g/mol. The first-order chi connectivity index (χ1) is 25.2. The summed E-state index contributed by atoms with van der Waals surface area (Å²) >= 11 is 0. The van der Waals surface area contributed by atoms with E-state index in [9.17, 15) is 24.0 Å². The molecule has 0 aromatic carbocycles. The van der Waals surface area contributed by atoms with Crippen LogP contribution in [0.5, 0.6) is 0 Å². The molecule has 2 heterocycles. The molecular weight excluding hydrogens is 674 g/mol. The molecule has 0 bridgehead atoms. The van der Waals surface area contributed by atoms with E-state index in [4.69, 9.17) is 0 Å². The van der Waals surface area contributed by atoms with Crippen LogP contribution in [0.1, 0.15) is 122 Å². The Morgan fingerprint density at radius 3 is 2.08 bits per heavy atom. The van der Waals surface area contributed by atoms with Crippen molar-refractivity contribution >= 4 is 35.3 Å². The number of nitrogens with zero attached hydrogens (tertiary/aromatic N) is 3. The van der Waals surface area contributed by atoms with Gasteiger partial charge in [0.05, 0.1) is 12.2 Å². The molecular formula is C40H59N7O6. The van der Waals surface area contributed by atoms with Crippen molar-refractivity contribution in [3.05, 3.63) is 36.9 Å². The summed E-state index contributed by atoms with van der Waals surface area (Å²) in [5, 5.41) is 11.5. The van der Waals surface area contributed by atoms with E-state index in [0.717, 1.165) is 51.4 Å². The zero-order chi connectivity index (χ0) is 38.6. The van der Waals surface area contributed by atoms with Gasteiger partial charge in [-0.1, -0.05) is 85.6 Å². The maximum Gasteiger partial charge on any atom is 0.289 e. The Labute approximate surface area is 313 Å². The highest BCUT2D eigenvalue weighted by Gasteiger charge is 2.70. The summed E-state index contributed by atoms with van der Waals surface area (Å²) in [4.78, 5) is 93.0. The second-order valence-electron chi connectivity index (χ2n) is 17.0. The third-order valence-electron chi connectivity index (χ3n) is 12.9. The molecule has 13 heteroatoms. The van der Waals surface area contributed by atoms with E-state index in [2.05, 4.69) is 51.7 Å². The number of aromatic nitrogens is 2. The van der Waals surface area contributed by atoms with Gasteiger partial charge < -0.3 is 26.2 Å². The lowest BCUT2D eigenvalue weighted by atomic mass is 9.68. The highest BCUT2D eigenvalue weighted by atomic mass is 16.2. The van der Waals surface area contributed by atoms with Crippen molar-refractivity contribution in [3.63, 3.8) is 0 Å². The fourth-order valence-corrected chi connectivity index (χ4v) is 9.44. The van der Waals surface area contributed by atoms with Crippen LogP contribution >= 0.6 is 0 Å². The van der Waals surface area contributed by atoms with Crippen molar-refractivity contribution in [2.24, 2.45) is 28.1 Å². The molecule has 1 aliphatic heterocycles. The van der Waals surface area contributed by atoms with Crippen molar-refractivity contribution in [3.8, 4) is 0 Å². The first-order valence-corrected chi connectivity index (χ1v) is 19.6. The Balaban J connectivity index is 1.44. The molecule has 1 aromatic heterocycles. The summed E-state index contributed by atoms with van der Waals surface area (Å²) in [7, 11) is 0. The third-order valence-corrected chi connectivity index (χ3v) is 12.9. The molecule has 290 valence electrons. The van der Waals surface area contributed by atoms with Gasteiger partial charge >= 0.3 is 0 Å². The fraction of sp³-hybridized carbons (Fsp3) is 0.700. The highest BCUT2D eigenvalue weighted by Crippen LogP contribution is 2.65. The Hall–Kier alpha value is -4.16. The lowest BCUT2D eigenvalue weighted by Gasteiger charge is -2.45. The lowest BCUT2D eigenvalue weighted by Crippen LogP contribution is -2.64. The van der Waals surface area contributed by atoms with Gasteiger partial charge in [-0.25, -0.2) is 4.98 Å². The number of hydrogen-bond acceptors (Lipinski definition) is 8. The minimum absolute atomic E-state index is 0.0640. The SMILES string of the molecule is C=CCNC(=O)C(=O)C(CCC)NC(=O)[C@@H]1[C@@H]2[C@H](CN1C(=O)[C@@H](NC(=O)[C@@H](NC(=O)c1cnccn1)C1(C)CCCCC1)C1(C)CCCCC1)C2(C)C.